The lowest BCUT2D eigenvalue weighted by Gasteiger charge is -2.21. The molecule has 5 nitrogen and oxygen atoms in total. The minimum atomic E-state index is -2.95. The van der Waals surface area contributed by atoms with E-state index in [1.54, 1.807) is 7.05 Å². The van der Waals surface area contributed by atoms with Gasteiger partial charge < -0.3 is 10.6 Å². The van der Waals surface area contributed by atoms with Crippen LogP contribution in [0.4, 0.5) is 0 Å². The summed E-state index contributed by atoms with van der Waals surface area (Å²) in [5.74, 6) is 1.17. The van der Waals surface area contributed by atoms with E-state index in [1.807, 2.05) is 19.1 Å². The fourth-order valence-corrected chi connectivity index (χ4v) is 3.90. The van der Waals surface area contributed by atoms with Gasteiger partial charge in [-0.3, -0.25) is 4.99 Å². The summed E-state index contributed by atoms with van der Waals surface area (Å²) in [5.41, 5.74) is 2.58. The maximum Gasteiger partial charge on any atom is 0.191 e. The lowest BCUT2D eigenvalue weighted by atomic mass is 9.88. The highest BCUT2D eigenvalue weighted by Gasteiger charge is 2.14. The Morgan fingerprint density at radius 2 is 1.50 bits per heavy atom. The van der Waals surface area contributed by atoms with Gasteiger partial charge in [0, 0.05) is 31.8 Å². The molecule has 2 aromatic rings. The summed E-state index contributed by atoms with van der Waals surface area (Å²) in [6, 6.07) is 21.0. The molecule has 0 aliphatic heterocycles. The van der Waals surface area contributed by atoms with Crippen LogP contribution < -0.4 is 10.6 Å². The largest absolute Gasteiger partial charge is 0.356 e. The molecule has 28 heavy (non-hydrogen) atoms. The van der Waals surface area contributed by atoms with Crippen LogP contribution in [0.25, 0.3) is 0 Å². The van der Waals surface area contributed by atoms with Gasteiger partial charge >= 0.3 is 0 Å². The van der Waals surface area contributed by atoms with Crippen molar-refractivity contribution in [2.24, 2.45) is 4.99 Å². The van der Waals surface area contributed by atoms with Crippen LogP contribution >= 0.6 is 0 Å². The van der Waals surface area contributed by atoms with Crippen molar-refractivity contribution >= 4 is 15.8 Å². The van der Waals surface area contributed by atoms with Crippen LogP contribution in [0.3, 0.4) is 0 Å². The first-order valence-corrected chi connectivity index (χ1v) is 11.7. The zero-order chi connectivity index (χ0) is 20.4. The van der Waals surface area contributed by atoms with E-state index in [1.165, 1.54) is 17.4 Å². The van der Waals surface area contributed by atoms with E-state index in [9.17, 15) is 8.42 Å². The molecule has 0 aliphatic carbocycles. The fraction of sp³-hybridized carbons (Fsp3) is 0.409. The quantitative estimate of drug-likeness (QED) is 0.500. The summed E-state index contributed by atoms with van der Waals surface area (Å²) >= 11 is 0. The topological polar surface area (TPSA) is 70.6 Å². The Balaban J connectivity index is 1.93. The van der Waals surface area contributed by atoms with E-state index in [0.717, 1.165) is 13.0 Å². The first-order valence-electron chi connectivity index (χ1n) is 9.64. The molecule has 0 radical (unpaired) electrons. The number of nitrogens with one attached hydrogen (secondary N) is 2. The molecule has 2 aromatic carbocycles. The Kier molecular flexibility index (Phi) is 8.51. The predicted octanol–water partition coefficient (Wildman–Crippen LogP) is 3.20. The molecule has 0 bridgehead atoms. The van der Waals surface area contributed by atoms with E-state index >= 15 is 0 Å². The Morgan fingerprint density at radius 3 is 1.96 bits per heavy atom. The minimum Gasteiger partial charge on any atom is -0.356 e. The van der Waals surface area contributed by atoms with E-state index in [-0.39, 0.29) is 11.8 Å². The smallest absolute Gasteiger partial charge is 0.191 e. The molecule has 0 aliphatic rings. The van der Waals surface area contributed by atoms with Crippen molar-refractivity contribution in [1.29, 1.82) is 0 Å². The van der Waals surface area contributed by atoms with Crippen LogP contribution in [-0.2, 0) is 9.84 Å². The number of benzene rings is 2. The monoisotopic (exact) mass is 401 g/mol. The number of rotatable bonds is 9. The highest BCUT2D eigenvalue weighted by atomic mass is 32.2. The molecule has 0 aromatic heterocycles. The normalized spacial score (nSPS) is 13.4. The van der Waals surface area contributed by atoms with Gasteiger partial charge in [0.1, 0.15) is 9.84 Å². The first kappa shape index (κ1) is 22.0. The van der Waals surface area contributed by atoms with Gasteiger partial charge in [-0.2, -0.15) is 0 Å². The van der Waals surface area contributed by atoms with Crippen molar-refractivity contribution in [3.05, 3.63) is 71.8 Å². The summed E-state index contributed by atoms with van der Waals surface area (Å²) in [6.07, 6.45) is 2.74. The Morgan fingerprint density at radius 1 is 0.964 bits per heavy atom. The van der Waals surface area contributed by atoms with Crippen LogP contribution in [0.15, 0.2) is 65.7 Å². The van der Waals surface area contributed by atoms with Gasteiger partial charge in [-0.1, -0.05) is 60.7 Å². The SMILES string of the molecule is CN=C(NCCC(c1ccccc1)c1ccccc1)NC(C)CCS(C)(=O)=O. The number of nitrogens with zero attached hydrogens (tertiary/aromatic N) is 1. The summed E-state index contributed by atoms with van der Waals surface area (Å²) in [7, 11) is -1.22. The second-order valence-corrected chi connectivity index (χ2v) is 9.39. The van der Waals surface area contributed by atoms with Crippen molar-refractivity contribution in [2.45, 2.75) is 31.7 Å². The highest BCUT2D eigenvalue weighted by Crippen LogP contribution is 2.27. The van der Waals surface area contributed by atoms with Crippen LogP contribution in [0.2, 0.25) is 0 Å². The molecule has 0 heterocycles. The second kappa shape index (κ2) is 10.9. The number of aliphatic imine (C=N–C) groups is 1. The van der Waals surface area contributed by atoms with Gasteiger partial charge in [0.15, 0.2) is 5.96 Å². The molecule has 1 unspecified atom stereocenters. The number of hydrogen-bond donors (Lipinski definition) is 2. The summed E-state index contributed by atoms with van der Waals surface area (Å²) in [5, 5.41) is 6.62. The fourth-order valence-electron chi connectivity index (χ4n) is 3.12. The second-order valence-electron chi connectivity index (χ2n) is 7.13. The summed E-state index contributed by atoms with van der Waals surface area (Å²) in [4.78, 5) is 4.26. The van der Waals surface area contributed by atoms with Gasteiger partial charge in [0.25, 0.3) is 0 Å². The van der Waals surface area contributed by atoms with Crippen LogP contribution in [0, 0.1) is 0 Å². The van der Waals surface area contributed by atoms with Gasteiger partial charge in [-0.15, -0.1) is 0 Å². The van der Waals surface area contributed by atoms with Crippen LogP contribution in [0.5, 0.6) is 0 Å². The van der Waals surface area contributed by atoms with E-state index in [4.69, 9.17) is 0 Å². The maximum atomic E-state index is 11.3. The lowest BCUT2D eigenvalue weighted by molar-refractivity contribution is 0.579. The highest BCUT2D eigenvalue weighted by molar-refractivity contribution is 7.90. The van der Waals surface area contributed by atoms with Crippen molar-refractivity contribution < 1.29 is 8.42 Å². The summed E-state index contributed by atoms with van der Waals surface area (Å²) in [6.45, 7) is 2.72. The average molecular weight is 402 g/mol. The average Bonchev–Trinajstić information content (AvgIpc) is 2.69. The van der Waals surface area contributed by atoms with Crippen LogP contribution in [-0.4, -0.2) is 46.0 Å². The van der Waals surface area contributed by atoms with E-state index in [2.05, 4.69) is 64.2 Å². The Bertz CT molecular complexity index is 797. The molecule has 0 fully saturated rings. The van der Waals surface area contributed by atoms with Gasteiger partial charge in [-0.25, -0.2) is 8.42 Å². The van der Waals surface area contributed by atoms with Crippen molar-refractivity contribution in [2.75, 3.05) is 25.6 Å². The minimum absolute atomic E-state index is 0.0277. The zero-order valence-corrected chi connectivity index (χ0v) is 17.7. The van der Waals surface area contributed by atoms with Crippen molar-refractivity contribution in [1.82, 2.24) is 10.6 Å². The van der Waals surface area contributed by atoms with Gasteiger partial charge in [0.2, 0.25) is 0 Å². The van der Waals surface area contributed by atoms with E-state index < -0.39 is 9.84 Å². The predicted molar refractivity (Wildman–Crippen MR) is 118 cm³/mol. The molecule has 0 amide bonds. The Hall–Kier alpha value is -2.34. The van der Waals surface area contributed by atoms with Crippen molar-refractivity contribution in [3.63, 3.8) is 0 Å². The lowest BCUT2D eigenvalue weighted by Crippen LogP contribution is -2.43. The first-order chi connectivity index (χ1) is 13.4. The molecule has 2 rings (SSSR count). The maximum absolute atomic E-state index is 11.3. The van der Waals surface area contributed by atoms with Crippen molar-refractivity contribution in [3.8, 4) is 0 Å². The molecule has 1 atom stereocenters. The third-order valence-electron chi connectivity index (χ3n) is 4.66. The van der Waals surface area contributed by atoms with Crippen LogP contribution in [0.1, 0.15) is 36.8 Å². The van der Waals surface area contributed by atoms with Gasteiger partial charge in [0.05, 0.1) is 5.75 Å². The standard InChI is InChI=1S/C22H31N3O2S/c1-18(15-17-28(3,26)27)25-22(23-2)24-16-14-21(19-10-6-4-7-11-19)20-12-8-5-9-13-20/h4-13,18,21H,14-17H2,1-3H3,(H2,23,24,25). The molecule has 6 heteroatoms. The molecular weight excluding hydrogens is 370 g/mol. The zero-order valence-electron chi connectivity index (χ0n) is 16.9. The number of guanidine groups is 1. The molecule has 0 spiro atoms. The Labute approximate surface area is 169 Å². The molecule has 0 saturated carbocycles. The molecule has 152 valence electrons. The van der Waals surface area contributed by atoms with E-state index in [0.29, 0.717) is 18.3 Å². The molecule has 0 saturated heterocycles. The molecular formula is C22H31N3O2S. The summed E-state index contributed by atoms with van der Waals surface area (Å²) < 4.78 is 22.7. The third-order valence-corrected chi connectivity index (χ3v) is 5.64. The number of hydrogen-bond acceptors (Lipinski definition) is 3. The van der Waals surface area contributed by atoms with Gasteiger partial charge in [-0.05, 0) is 30.9 Å². The number of sulfone groups is 1. The third kappa shape index (κ3) is 7.72. The molecule has 2 N–H and O–H groups in total.